The molecule has 2 N–H and O–H groups in total. The highest BCUT2D eigenvalue weighted by Gasteiger charge is 1.99. The van der Waals surface area contributed by atoms with Crippen LogP contribution in [0.1, 0.15) is 11.4 Å². The average molecular weight is 296 g/mol. The van der Waals surface area contributed by atoms with Crippen molar-refractivity contribution in [2.45, 2.75) is 6.42 Å². The highest BCUT2D eigenvalue weighted by atomic mass is 35.5. The van der Waals surface area contributed by atoms with Crippen molar-refractivity contribution in [3.8, 4) is 0 Å². The molecule has 0 unspecified atom stereocenters. The summed E-state index contributed by atoms with van der Waals surface area (Å²) in [5.74, 6) is 0.218. The molecular weight excluding hydrogens is 281 g/mol. The van der Waals surface area contributed by atoms with Gasteiger partial charge in [-0.05, 0) is 12.1 Å². The van der Waals surface area contributed by atoms with E-state index in [1.165, 1.54) is 18.2 Å². The van der Waals surface area contributed by atoms with Gasteiger partial charge >= 0.3 is 0 Å². The molecule has 6 heteroatoms. The van der Waals surface area contributed by atoms with E-state index in [1.54, 1.807) is 30.6 Å². The Bertz CT molecular complexity index is 570. The lowest BCUT2D eigenvalue weighted by atomic mass is 10.2. The number of nitrogens with zero attached hydrogens (tertiary/aromatic N) is 1. The molecule has 0 aliphatic carbocycles. The predicted octanol–water partition coefficient (Wildman–Crippen LogP) is 2.34. The van der Waals surface area contributed by atoms with E-state index in [-0.39, 0.29) is 24.1 Å². The average Bonchev–Trinajstić information content (AvgIpc) is 2.91. The van der Waals surface area contributed by atoms with E-state index < -0.39 is 0 Å². The van der Waals surface area contributed by atoms with Gasteiger partial charge in [-0.1, -0.05) is 18.2 Å². The molecule has 0 radical (unpaired) electrons. The molecule has 1 aromatic carbocycles. The second-order valence-corrected chi connectivity index (χ2v) is 3.93. The number of carbonyl (C=O) groups is 1. The first-order valence-corrected chi connectivity index (χ1v) is 5.94. The molecule has 0 atom stereocenters. The second-order valence-electron chi connectivity index (χ2n) is 3.93. The minimum Gasteiger partial charge on any atom is -0.352 e. The van der Waals surface area contributed by atoms with Crippen molar-refractivity contribution in [2.75, 3.05) is 6.54 Å². The van der Waals surface area contributed by atoms with Crippen LogP contribution in [0.4, 0.5) is 4.39 Å². The molecule has 0 bridgehead atoms. The van der Waals surface area contributed by atoms with Gasteiger partial charge in [-0.2, -0.15) is 0 Å². The van der Waals surface area contributed by atoms with E-state index in [2.05, 4.69) is 15.3 Å². The van der Waals surface area contributed by atoms with Crippen LogP contribution in [0.2, 0.25) is 0 Å². The molecule has 0 aliphatic heterocycles. The number of benzene rings is 1. The normalized spacial score (nSPS) is 10.2. The first kappa shape index (κ1) is 15.9. The van der Waals surface area contributed by atoms with Crippen molar-refractivity contribution in [2.24, 2.45) is 0 Å². The Morgan fingerprint density at radius 1 is 1.40 bits per heavy atom. The monoisotopic (exact) mass is 295 g/mol. The van der Waals surface area contributed by atoms with Crippen molar-refractivity contribution in [1.29, 1.82) is 0 Å². The summed E-state index contributed by atoms with van der Waals surface area (Å²) < 4.78 is 13.3. The smallest absolute Gasteiger partial charge is 0.244 e. The van der Waals surface area contributed by atoms with Crippen LogP contribution >= 0.6 is 12.4 Å². The third kappa shape index (κ3) is 4.85. The number of imidazole rings is 1. The lowest BCUT2D eigenvalue weighted by Gasteiger charge is -2.00. The number of amides is 1. The predicted molar refractivity (Wildman–Crippen MR) is 78.0 cm³/mol. The first-order chi connectivity index (χ1) is 9.25. The summed E-state index contributed by atoms with van der Waals surface area (Å²) in [7, 11) is 0. The third-order valence-electron chi connectivity index (χ3n) is 2.54. The molecule has 0 saturated carbocycles. The molecule has 0 saturated heterocycles. The second kappa shape index (κ2) is 8.12. The van der Waals surface area contributed by atoms with E-state index >= 15 is 0 Å². The van der Waals surface area contributed by atoms with Gasteiger partial charge in [-0.15, -0.1) is 12.4 Å². The standard InChI is InChI=1S/C14H14FN3O.ClH/c15-12-4-2-1-3-11(12)5-6-14(19)18-8-7-13-16-9-10-17-13;/h1-6,9-10H,7-8H2,(H,16,17)(H,18,19);1H/b6-5+;. The number of rotatable bonds is 5. The Kier molecular flexibility index (Phi) is 6.46. The van der Waals surface area contributed by atoms with Crippen LogP contribution in [0.3, 0.4) is 0 Å². The minimum absolute atomic E-state index is 0. The number of aromatic amines is 1. The molecule has 20 heavy (non-hydrogen) atoms. The summed E-state index contributed by atoms with van der Waals surface area (Å²) in [6.45, 7) is 0.480. The Balaban J connectivity index is 0.00000200. The molecular formula is C14H15ClFN3O. The van der Waals surface area contributed by atoms with Crippen LogP contribution in [0.15, 0.2) is 42.7 Å². The first-order valence-electron chi connectivity index (χ1n) is 5.94. The Labute approximate surface area is 122 Å². The quantitative estimate of drug-likeness (QED) is 0.832. The minimum atomic E-state index is -0.345. The summed E-state index contributed by atoms with van der Waals surface area (Å²) in [6, 6.07) is 6.30. The van der Waals surface area contributed by atoms with E-state index in [0.29, 0.717) is 18.5 Å². The van der Waals surface area contributed by atoms with Crippen LogP contribution in [-0.2, 0) is 11.2 Å². The number of halogens is 2. The molecule has 0 aliphatic rings. The fourth-order valence-corrected chi connectivity index (χ4v) is 1.57. The van der Waals surface area contributed by atoms with Gasteiger partial charge in [-0.25, -0.2) is 9.37 Å². The Morgan fingerprint density at radius 2 is 2.20 bits per heavy atom. The zero-order valence-electron chi connectivity index (χ0n) is 10.7. The van der Waals surface area contributed by atoms with Crippen molar-refractivity contribution >= 4 is 24.4 Å². The Morgan fingerprint density at radius 3 is 2.90 bits per heavy atom. The molecule has 4 nitrogen and oxygen atoms in total. The van der Waals surface area contributed by atoms with Gasteiger partial charge in [0, 0.05) is 37.0 Å². The maximum Gasteiger partial charge on any atom is 0.244 e. The molecule has 1 aromatic heterocycles. The van der Waals surface area contributed by atoms with Gasteiger partial charge in [0.05, 0.1) is 0 Å². The van der Waals surface area contributed by atoms with Crippen molar-refractivity contribution < 1.29 is 9.18 Å². The lowest BCUT2D eigenvalue weighted by molar-refractivity contribution is -0.116. The maximum atomic E-state index is 13.3. The number of nitrogens with one attached hydrogen (secondary N) is 2. The van der Waals surface area contributed by atoms with Crippen LogP contribution < -0.4 is 5.32 Å². The number of hydrogen-bond donors (Lipinski definition) is 2. The van der Waals surface area contributed by atoms with E-state index in [4.69, 9.17) is 0 Å². The Hall–Kier alpha value is -2.14. The van der Waals surface area contributed by atoms with Crippen molar-refractivity contribution in [1.82, 2.24) is 15.3 Å². The van der Waals surface area contributed by atoms with Gasteiger partial charge in [0.2, 0.25) is 5.91 Å². The molecule has 0 spiro atoms. The lowest BCUT2D eigenvalue weighted by Crippen LogP contribution is -2.23. The van der Waals surface area contributed by atoms with Crippen LogP contribution in [-0.4, -0.2) is 22.4 Å². The van der Waals surface area contributed by atoms with Gasteiger partial charge in [-0.3, -0.25) is 4.79 Å². The summed E-state index contributed by atoms with van der Waals surface area (Å²) in [6.07, 6.45) is 6.80. The largest absolute Gasteiger partial charge is 0.352 e. The van der Waals surface area contributed by atoms with Gasteiger partial charge in [0.15, 0.2) is 0 Å². The van der Waals surface area contributed by atoms with E-state index in [1.807, 2.05) is 0 Å². The summed E-state index contributed by atoms with van der Waals surface area (Å²) in [5.41, 5.74) is 0.392. The molecule has 1 heterocycles. The van der Waals surface area contributed by atoms with Gasteiger partial charge < -0.3 is 10.3 Å². The fourth-order valence-electron chi connectivity index (χ4n) is 1.57. The number of hydrogen-bond acceptors (Lipinski definition) is 2. The zero-order chi connectivity index (χ0) is 13.5. The molecule has 106 valence electrons. The summed E-state index contributed by atoms with van der Waals surface area (Å²) in [4.78, 5) is 18.5. The van der Waals surface area contributed by atoms with Crippen LogP contribution in [0.25, 0.3) is 6.08 Å². The molecule has 0 fully saturated rings. The molecule has 1 amide bonds. The van der Waals surface area contributed by atoms with E-state index in [0.717, 1.165) is 5.82 Å². The van der Waals surface area contributed by atoms with Crippen molar-refractivity contribution in [3.05, 3.63) is 59.9 Å². The number of H-pyrrole nitrogens is 1. The maximum absolute atomic E-state index is 13.3. The molecule has 2 aromatic rings. The van der Waals surface area contributed by atoms with Gasteiger partial charge in [0.1, 0.15) is 11.6 Å². The highest BCUT2D eigenvalue weighted by Crippen LogP contribution is 2.07. The van der Waals surface area contributed by atoms with Gasteiger partial charge in [0.25, 0.3) is 0 Å². The number of aromatic nitrogens is 2. The summed E-state index contributed by atoms with van der Waals surface area (Å²) in [5, 5.41) is 2.70. The van der Waals surface area contributed by atoms with Crippen LogP contribution in [0.5, 0.6) is 0 Å². The fraction of sp³-hybridized carbons (Fsp3) is 0.143. The SMILES string of the molecule is Cl.O=C(/C=C/c1ccccc1F)NCCc1ncc[nH]1. The van der Waals surface area contributed by atoms with Crippen molar-refractivity contribution in [3.63, 3.8) is 0 Å². The topological polar surface area (TPSA) is 57.8 Å². The van der Waals surface area contributed by atoms with Crippen LogP contribution in [0, 0.1) is 5.82 Å². The number of carbonyl (C=O) groups excluding carboxylic acids is 1. The van der Waals surface area contributed by atoms with E-state index in [9.17, 15) is 9.18 Å². The highest BCUT2D eigenvalue weighted by molar-refractivity contribution is 5.91. The zero-order valence-corrected chi connectivity index (χ0v) is 11.5. The molecule has 2 rings (SSSR count). The summed E-state index contributed by atoms with van der Waals surface area (Å²) >= 11 is 0. The third-order valence-corrected chi connectivity index (χ3v) is 2.54.